The van der Waals surface area contributed by atoms with Crippen molar-refractivity contribution < 1.29 is 0 Å². The summed E-state index contributed by atoms with van der Waals surface area (Å²) in [5, 5.41) is 12.5. The third kappa shape index (κ3) is 5.36. The van der Waals surface area contributed by atoms with Gasteiger partial charge in [-0.05, 0) is 157 Å². The number of hydrogen-bond acceptors (Lipinski definition) is 1. The molecule has 0 radical (unpaired) electrons. The zero-order valence-electron chi connectivity index (χ0n) is 40.6. The van der Waals surface area contributed by atoms with E-state index in [0.29, 0.717) is 0 Å². The Morgan fingerprint density at radius 2 is 0.712 bits per heavy atom. The summed E-state index contributed by atoms with van der Waals surface area (Å²) < 4.78 is 0. The van der Waals surface area contributed by atoms with E-state index in [1.54, 1.807) is 0 Å². The highest BCUT2D eigenvalue weighted by Gasteiger charge is 2.52. The summed E-state index contributed by atoms with van der Waals surface area (Å²) in [5.74, 6) is 0. The maximum atomic E-state index is 2.63. The third-order valence-corrected chi connectivity index (χ3v) is 17.2. The van der Waals surface area contributed by atoms with Crippen LogP contribution >= 0.6 is 0 Å². The number of nitrogens with zero attached hydrogens (tertiary/aromatic N) is 1. The van der Waals surface area contributed by atoms with Gasteiger partial charge in [0.1, 0.15) is 0 Å². The van der Waals surface area contributed by atoms with Crippen LogP contribution in [0.25, 0.3) is 98.4 Å². The molecule has 0 heterocycles. The molecular weight excluding hydrogens is 879 g/mol. The van der Waals surface area contributed by atoms with E-state index in [1.807, 2.05) is 0 Å². The topological polar surface area (TPSA) is 3.24 Å². The molecule has 0 fully saturated rings. The van der Waals surface area contributed by atoms with Crippen LogP contribution in [0, 0.1) is 0 Å². The average molecular weight is 926 g/mol. The van der Waals surface area contributed by atoms with Crippen molar-refractivity contribution in [3.05, 3.63) is 282 Å². The molecule has 0 atom stereocenters. The molecule has 13 aromatic carbocycles. The second kappa shape index (κ2) is 14.8. The Hall–Kier alpha value is -9.04. The SMILES string of the molecule is CC1(C)c2ccccc2-c2ccc(-c3cc4c(cc3N(c3ccc5c6ccccc6c6ccccc6c5c3)c3cc5ccccc5c5ccccc35)C3(c5ccccc5-c5ccccc53)c3ccccc3-4)cc21. The number of anilines is 3. The van der Waals surface area contributed by atoms with Gasteiger partial charge < -0.3 is 4.90 Å². The fraction of sp³-hybridized carbons (Fsp3) is 0.0556. The Morgan fingerprint density at radius 3 is 1.33 bits per heavy atom. The molecule has 3 aliphatic rings. The molecule has 1 spiro atoms. The summed E-state index contributed by atoms with van der Waals surface area (Å²) in [7, 11) is 0. The molecule has 16 rings (SSSR count). The summed E-state index contributed by atoms with van der Waals surface area (Å²) in [6.07, 6.45) is 0. The number of benzene rings is 13. The molecule has 0 aliphatic heterocycles. The maximum absolute atomic E-state index is 2.63. The van der Waals surface area contributed by atoms with Gasteiger partial charge in [0.15, 0.2) is 0 Å². The van der Waals surface area contributed by atoms with E-state index < -0.39 is 5.41 Å². The van der Waals surface area contributed by atoms with Gasteiger partial charge in [-0.25, -0.2) is 0 Å². The van der Waals surface area contributed by atoms with Crippen molar-refractivity contribution in [1.82, 2.24) is 0 Å². The monoisotopic (exact) mass is 925 g/mol. The normalized spacial score (nSPS) is 14.1. The number of fused-ring (bicyclic) bond motifs is 22. The second-order valence-corrected chi connectivity index (χ2v) is 21.1. The summed E-state index contributed by atoms with van der Waals surface area (Å²) in [4.78, 5) is 2.63. The van der Waals surface area contributed by atoms with Gasteiger partial charge in [-0.3, -0.25) is 0 Å². The Balaban J connectivity index is 1.08. The van der Waals surface area contributed by atoms with Gasteiger partial charge in [0.2, 0.25) is 0 Å². The standard InChI is InChI=1S/C72H47N/c1-71(2)63-31-15-11-26-54(63)58-37-35-45(39-67(58)71)60-42-62-57-29-14-18-34-66(57)72(64-32-16-12-27-55(64)56-28-13-17-33-65(56)72)68(62)43-70(60)73(69-40-44-19-3-4-20-47(44)48-21-9-10-30-59(48)69)46-36-38-53-51-24-6-5-22-49(51)50-23-7-8-25-52(50)61(53)41-46/h3-43H,1-2H3. The largest absolute Gasteiger partial charge is 0.309 e. The fourth-order valence-electron chi connectivity index (χ4n) is 14.1. The highest BCUT2D eigenvalue weighted by molar-refractivity contribution is 6.26. The smallest absolute Gasteiger partial charge is 0.0726 e. The molecule has 1 nitrogen and oxygen atoms in total. The lowest BCUT2D eigenvalue weighted by atomic mass is 9.70. The first-order valence-corrected chi connectivity index (χ1v) is 25.7. The van der Waals surface area contributed by atoms with E-state index in [4.69, 9.17) is 0 Å². The van der Waals surface area contributed by atoms with Crippen molar-refractivity contribution in [1.29, 1.82) is 0 Å². The first-order chi connectivity index (χ1) is 36.0. The van der Waals surface area contributed by atoms with Crippen LogP contribution in [0.3, 0.4) is 0 Å². The van der Waals surface area contributed by atoms with Crippen molar-refractivity contribution in [2.45, 2.75) is 24.7 Å². The molecule has 0 bridgehead atoms. The average Bonchev–Trinajstić information content (AvgIpc) is 4.03. The zero-order chi connectivity index (χ0) is 48.2. The molecule has 0 N–H and O–H groups in total. The lowest BCUT2D eigenvalue weighted by molar-refractivity contribution is 0.660. The van der Waals surface area contributed by atoms with Crippen LogP contribution in [0.1, 0.15) is 47.2 Å². The quantitative estimate of drug-likeness (QED) is 0.159. The minimum Gasteiger partial charge on any atom is -0.309 e. The predicted octanol–water partition coefficient (Wildman–Crippen LogP) is 19.2. The molecule has 1 heteroatoms. The molecule has 0 saturated carbocycles. The van der Waals surface area contributed by atoms with Crippen LogP contribution in [0.5, 0.6) is 0 Å². The minimum absolute atomic E-state index is 0.177. The zero-order valence-corrected chi connectivity index (χ0v) is 40.6. The van der Waals surface area contributed by atoms with Gasteiger partial charge in [-0.15, -0.1) is 0 Å². The van der Waals surface area contributed by atoms with E-state index in [0.717, 1.165) is 17.1 Å². The lowest BCUT2D eigenvalue weighted by Gasteiger charge is -2.34. The first-order valence-electron chi connectivity index (χ1n) is 25.7. The first kappa shape index (κ1) is 40.7. The Kier molecular flexibility index (Phi) is 8.22. The second-order valence-electron chi connectivity index (χ2n) is 21.1. The fourth-order valence-corrected chi connectivity index (χ4v) is 14.1. The van der Waals surface area contributed by atoms with Gasteiger partial charge in [-0.2, -0.15) is 0 Å². The molecule has 3 aliphatic carbocycles. The molecule has 13 aromatic rings. The molecule has 0 aromatic heterocycles. The predicted molar refractivity (Wildman–Crippen MR) is 308 cm³/mol. The van der Waals surface area contributed by atoms with Gasteiger partial charge >= 0.3 is 0 Å². The van der Waals surface area contributed by atoms with Crippen LogP contribution in [0.4, 0.5) is 17.1 Å². The minimum atomic E-state index is -0.538. The molecule has 0 amide bonds. The van der Waals surface area contributed by atoms with Crippen LogP contribution in [-0.2, 0) is 10.8 Å². The highest BCUT2D eigenvalue weighted by atomic mass is 15.1. The Morgan fingerprint density at radius 1 is 0.260 bits per heavy atom. The molecule has 0 unspecified atom stereocenters. The molecule has 73 heavy (non-hydrogen) atoms. The summed E-state index contributed by atoms with van der Waals surface area (Å²) in [6.45, 7) is 4.80. The van der Waals surface area contributed by atoms with E-state index in [9.17, 15) is 0 Å². The van der Waals surface area contributed by atoms with Crippen molar-refractivity contribution in [3.63, 3.8) is 0 Å². The van der Waals surface area contributed by atoms with Gasteiger partial charge in [0.25, 0.3) is 0 Å². The van der Waals surface area contributed by atoms with Crippen molar-refractivity contribution in [2.24, 2.45) is 0 Å². The van der Waals surface area contributed by atoms with E-state index in [-0.39, 0.29) is 5.41 Å². The molecule has 340 valence electrons. The summed E-state index contributed by atoms with van der Waals surface area (Å²) in [6, 6.07) is 94.6. The highest BCUT2D eigenvalue weighted by Crippen LogP contribution is 2.65. The van der Waals surface area contributed by atoms with Gasteiger partial charge in [-0.1, -0.05) is 226 Å². The van der Waals surface area contributed by atoms with E-state index in [1.165, 1.54) is 132 Å². The van der Waals surface area contributed by atoms with Crippen LogP contribution in [-0.4, -0.2) is 0 Å². The summed E-state index contributed by atoms with van der Waals surface area (Å²) >= 11 is 0. The van der Waals surface area contributed by atoms with E-state index >= 15 is 0 Å². The Bertz CT molecular complexity index is 4470. The van der Waals surface area contributed by atoms with Gasteiger partial charge in [0, 0.05) is 22.1 Å². The molecule has 0 saturated heterocycles. The van der Waals surface area contributed by atoms with Crippen molar-refractivity contribution in [3.8, 4) is 44.5 Å². The lowest BCUT2D eigenvalue weighted by Crippen LogP contribution is -2.26. The molecular formula is C72H47N. The maximum Gasteiger partial charge on any atom is 0.0726 e. The van der Waals surface area contributed by atoms with Crippen LogP contribution < -0.4 is 4.90 Å². The van der Waals surface area contributed by atoms with Crippen LogP contribution in [0.2, 0.25) is 0 Å². The number of rotatable bonds is 4. The summed E-state index contributed by atoms with van der Waals surface area (Å²) in [5.41, 5.74) is 21.0. The van der Waals surface area contributed by atoms with Crippen LogP contribution in [0.15, 0.2) is 249 Å². The van der Waals surface area contributed by atoms with E-state index in [2.05, 4.69) is 267 Å². The third-order valence-electron chi connectivity index (χ3n) is 17.2. The van der Waals surface area contributed by atoms with Crippen molar-refractivity contribution in [2.75, 3.05) is 4.90 Å². The Labute approximate surface area is 424 Å². The van der Waals surface area contributed by atoms with Crippen molar-refractivity contribution >= 4 is 70.9 Å². The van der Waals surface area contributed by atoms with Gasteiger partial charge in [0.05, 0.1) is 16.8 Å². The number of hydrogen-bond donors (Lipinski definition) is 0.